The first kappa shape index (κ1) is 30.3. The number of nitrogens with zero attached hydrogens (tertiary/aromatic N) is 4. The summed E-state index contributed by atoms with van der Waals surface area (Å²) in [5.74, 6) is -0.533. The van der Waals surface area contributed by atoms with Crippen molar-refractivity contribution in [1.82, 2.24) is 24.0 Å². The Morgan fingerprint density at radius 1 is 1.14 bits per heavy atom. The van der Waals surface area contributed by atoms with Gasteiger partial charge in [0.05, 0.1) is 5.69 Å². The molecule has 0 aliphatic carbocycles. The lowest BCUT2D eigenvalue weighted by atomic mass is 9.97. The van der Waals surface area contributed by atoms with Crippen LogP contribution in [-0.4, -0.2) is 51.6 Å². The number of anilines is 3. The van der Waals surface area contributed by atoms with E-state index in [1.54, 1.807) is 69.7 Å². The third-order valence-corrected chi connectivity index (χ3v) is 8.59. The smallest absolute Gasteiger partial charge is 0.305 e. The third kappa shape index (κ3) is 6.61. The van der Waals surface area contributed by atoms with Crippen LogP contribution in [0.3, 0.4) is 0 Å². The molecule has 4 rings (SSSR count). The van der Waals surface area contributed by atoms with Gasteiger partial charge in [0.15, 0.2) is 0 Å². The minimum absolute atomic E-state index is 0.0993. The van der Waals surface area contributed by atoms with Crippen molar-refractivity contribution < 1.29 is 18.0 Å². The van der Waals surface area contributed by atoms with Crippen LogP contribution in [0.4, 0.5) is 17.3 Å². The molecule has 12 heteroatoms. The molecule has 1 aliphatic rings. The first-order valence-electron chi connectivity index (χ1n) is 13.3. The summed E-state index contributed by atoms with van der Waals surface area (Å²) in [6, 6.07) is 11.0. The molecule has 1 fully saturated rings. The molecule has 218 valence electrons. The maximum atomic E-state index is 13.1. The van der Waals surface area contributed by atoms with E-state index in [2.05, 4.69) is 32.2 Å². The van der Waals surface area contributed by atoms with Gasteiger partial charge in [-0.2, -0.15) is 12.7 Å². The molecular formula is C30H33N7O4S. The van der Waals surface area contributed by atoms with E-state index in [0.29, 0.717) is 29.2 Å². The molecule has 0 spiro atoms. The number of aromatic nitrogens is 3. The van der Waals surface area contributed by atoms with Crippen molar-refractivity contribution in [3.63, 3.8) is 0 Å². The van der Waals surface area contributed by atoms with Crippen LogP contribution in [0.25, 0.3) is 11.3 Å². The molecular weight excluding hydrogens is 554 g/mol. The predicted molar refractivity (Wildman–Crippen MR) is 163 cm³/mol. The Bertz CT molecular complexity index is 1690. The number of benzene rings is 1. The summed E-state index contributed by atoms with van der Waals surface area (Å²) in [6.45, 7) is 10.8. The van der Waals surface area contributed by atoms with Gasteiger partial charge in [-0.1, -0.05) is 31.7 Å². The number of aryl methyl sites for hydroxylation is 1. The van der Waals surface area contributed by atoms with Gasteiger partial charge in [-0.05, 0) is 74.7 Å². The van der Waals surface area contributed by atoms with Gasteiger partial charge in [0, 0.05) is 47.6 Å². The number of carbonyl (C=O) groups excluding carboxylic acids is 2. The average molecular weight is 588 g/mol. The van der Waals surface area contributed by atoms with E-state index in [0.717, 1.165) is 26.8 Å². The van der Waals surface area contributed by atoms with E-state index in [-0.39, 0.29) is 12.5 Å². The van der Waals surface area contributed by atoms with Crippen molar-refractivity contribution in [3.8, 4) is 11.3 Å². The molecule has 2 aromatic heterocycles. The summed E-state index contributed by atoms with van der Waals surface area (Å²) in [7, 11) is -3.97. The number of rotatable bonds is 10. The number of pyridine rings is 1. The average Bonchev–Trinajstić information content (AvgIpc) is 3.14. The Morgan fingerprint density at radius 3 is 2.57 bits per heavy atom. The first-order valence-corrected chi connectivity index (χ1v) is 14.7. The van der Waals surface area contributed by atoms with Crippen molar-refractivity contribution in [3.05, 3.63) is 96.5 Å². The fourth-order valence-corrected chi connectivity index (χ4v) is 5.91. The zero-order valence-electron chi connectivity index (χ0n) is 23.9. The monoisotopic (exact) mass is 587 g/mol. The second-order valence-electron chi connectivity index (χ2n) is 9.92. The number of hydrogen-bond acceptors (Lipinski definition) is 8. The van der Waals surface area contributed by atoms with E-state index in [1.165, 1.54) is 0 Å². The van der Waals surface area contributed by atoms with Crippen molar-refractivity contribution in [2.75, 3.05) is 17.2 Å². The SMILES string of the molecule is C=C(/C=C\C(=C/C)C(=O)Nc1ccc(C)c(Nc2nccc(-c3ccncc3)n2)c1)CN1C(C)(CC)C(=O)NS1(=O)=O. The Hall–Kier alpha value is -4.68. The zero-order chi connectivity index (χ0) is 30.5. The largest absolute Gasteiger partial charge is 0.324 e. The van der Waals surface area contributed by atoms with Gasteiger partial charge in [-0.3, -0.25) is 14.6 Å². The predicted octanol–water partition coefficient (Wildman–Crippen LogP) is 4.43. The van der Waals surface area contributed by atoms with Crippen LogP contribution in [0.15, 0.2) is 90.9 Å². The molecule has 3 N–H and O–H groups in total. The molecule has 1 unspecified atom stereocenters. The summed E-state index contributed by atoms with van der Waals surface area (Å²) in [4.78, 5) is 38.3. The van der Waals surface area contributed by atoms with E-state index >= 15 is 0 Å². The summed E-state index contributed by atoms with van der Waals surface area (Å²) in [5, 5.41) is 6.11. The lowest BCUT2D eigenvalue weighted by Gasteiger charge is -2.28. The maximum absolute atomic E-state index is 13.1. The number of hydrogen-bond donors (Lipinski definition) is 3. The minimum Gasteiger partial charge on any atom is -0.324 e. The van der Waals surface area contributed by atoms with Crippen LogP contribution in [0.1, 0.15) is 32.8 Å². The highest BCUT2D eigenvalue weighted by atomic mass is 32.2. The molecule has 11 nitrogen and oxygen atoms in total. The molecule has 1 atom stereocenters. The molecule has 3 aromatic rings. The first-order chi connectivity index (χ1) is 20.0. The van der Waals surface area contributed by atoms with Crippen LogP contribution in [-0.2, 0) is 19.8 Å². The van der Waals surface area contributed by atoms with Gasteiger partial charge >= 0.3 is 10.2 Å². The summed E-state index contributed by atoms with van der Waals surface area (Å²) >= 11 is 0. The van der Waals surface area contributed by atoms with Gasteiger partial charge in [-0.15, -0.1) is 0 Å². The van der Waals surface area contributed by atoms with Gasteiger partial charge < -0.3 is 10.6 Å². The Kier molecular flexibility index (Phi) is 8.98. The van der Waals surface area contributed by atoms with E-state index in [4.69, 9.17) is 0 Å². The van der Waals surface area contributed by atoms with Crippen molar-refractivity contribution in [2.24, 2.45) is 0 Å². The maximum Gasteiger partial charge on any atom is 0.305 e. The number of allylic oxidation sites excluding steroid dienone is 1. The van der Waals surface area contributed by atoms with E-state index in [1.807, 2.05) is 35.9 Å². The highest BCUT2D eigenvalue weighted by molar-refractivity contribution is 7.88. The number of amides is 2. The Balaban J connectivity index is 1.44. The van der Waals surface area contributed by atoms with E-state index in [9.17, 15) is 18.0 Å². The molecule has 0 bridgehead atoms. The topological polar surface area (TPSA) is 146 Å². The van der Waals surface area contributed by atoms with Crippen molar-refractivity contribution in [2.45, 2.75) is 39.7 Å². The normalized spacial score (nSPS) is 18.6. The molecule has 1 saturated heterocycles. The highest BCUT2D eigenvalue weighted by Crippen LogP contribution is 2.30. The van der Waals surface area contributed by atoms with Crippen molar-refractivity contribution in [1.29, 1.82) is 0 Å². The van der Waals surface area contributed by atoms with Crippen LogP contribution in [0.5, 0.6) is 0 Å². The number of nitrogens with one attached hydrogen (secondary N) is 3. The summed E-state index contributed by atoms with van der Waals surface area (Å²) < 4.78 is 28.1. The third-order valence-electron chi connectivity index (χ3n) is 7.03. The van der Waals surface area contributed by atoms with Crippen molar-refractivity contribution >= 4 is 39.3 Å². The lowest BCUT2D eigenvalue weighted by molar-refractivity contribution is -0.125. The molecule has 42 heavy (non-hydrogen) atoms. The Morgan fingerprint density at radius 2 is 1.88 bits per heavy atom. The second-order valence-corrected chi connectivity index (χ2v) is 11.5. The van der Waals surface area contributed by atoms with Gasteiger partial charge in [0.1, 0.15) is 5.54 Å². The van der Waals surface area contributed by atoms with Gasteiger partial charge in [0.2, 0.25) is 5.95 Å². The van der Waals surface area contributed by atoms with E-state index < -0.39 is 21.7 Å². The molecule has 0 radical (unpaired) electrons. The van der Waals surface area contributed by atoms with Crippen LogP contribution in [0, 0.1) is 6.92 Å². The standard InChI is InChI=1S/C30H33N7O4S/c1-6-22(10-8-20(3)19-37-30(5,7-2)28(39)36-42(37,40)41)27(38)33-24-11-9-21(4)26(18-24)35-29-32-17-14-25(34-29)23-12-15-31-16-13-23/h6,8-18H,3,7,19H2,1-2,4-5H3,(H,33,38)(H,36,39)(H,32,34,35)/b10-8-,22-6+. The van der Waals surface area contributed by atoms with Crippen LogP contribution < -0.4 is 15.4 Å². The van der Waals surface area contributed by atoms with Gasteiger partial charge in [0.25, 0.3) is 11.8 Å². The highest BCUT2D eigenvalue weighted by Gasteiger charge is 2.52. The molecule has 1 aliphatic heterocycles. The summed E-state index contributed by atoms with van der Waals surface area (Å²) in [5.41, 5.74) is 3.41. The van der Waals surface area contributed by atoms with Gasteiger partial charge in [-0.25, -0.2) is 14.7 Å². The van der Waals surface area contributed by atoms with Crippen LogP contribution >= 0.6 is 0 Å². The fourth-order valence-electron chi connectivity index (χ4n) is 4.27. The summed E-state index contributed by atoms with van der Waals surface area (Å²) in [6.07, 6.45) is 10.1. The Labute approximate surface area is 245 Å². The molecule has 3 heterocycles. The zero-order valence-corrected chi connectivity index (χ0v) is 24.7. The molecule has 1 aromatic carbocycles. The lowest BCUT2D eigenvalue weighted by Crippen LogP contribution is -2.47. The molecule has 0 saturated carbocycles. The fraction of sp³-hybridized carbons (Fsp3) is 0.233. The second kappa shape index (κ2) is 12.5. The minimum atomic E-state index is -3.97. The quantitative estimate of drug-likeness (QED) is 0.233. The molecule has 2 amide bonds. The number of carbonyl (C=O) groups is 2. The van der Waals surface area contributed by atoms with Crippen LogP contribution in [0.2, 0.25) is 0 Å².